The standard InChI is InChI=1S/C16H18N2O3S/c1-4-16(3,15(20)21)18-13(19)12-10(2)17-14(22-12)11-8-6-5-7-9-11/h5-9H,4H2,1-3H3,(H,18,19)(H,20,21). The van der Waals surface area contributed by atoms with Crippen molar-refractivity contribution in [3.05, 3.63) is 40.9 Å². The van der Waals surface area contributed by atoms with Gasteiger partial charge in [-0.15, -0.1) is 11.3 Å². The first-order valence-corrected chi connectivity index (χ1v) is 7.78. The van der Waals surface area contributed by atoms with Crippen molar-refractivity contribution < 1.29 is 14.7 Å². The number of thiazole rings is 1. The second-order valence-corrected chi connectivity index (χ2v) is 6.24. The number of carbonyl (C=O) groups excluding carboxylic acids is 1. The van der Waals surface area contributed by atoms with E-state index in [-0.39, 0.29) is 0 Å². The van der Waals surface area contributed by atoms with Gasteiger partial charge in [-0.2, -0.15) is 0 Å². The van der Waals surface area contributed by atoms with Gasteiger partial charge in [0.2, 0.25) is 0 Å². The van der Waals surface area contributed by atoms with E-state index < -0.39 is 17.4 Å². The van der Waals surface area contributed by atoms with Gasteiger partial charge in [-0.25, -0.2) is 9.78 Å². The molecule has 5 nitrogen and oxygen atoms in total. The molecule has 2 N–H and O–H groups in total. The van der Waals surface area contributed by atoms with Gasteiger partial charge in [-0.05, 0) is 20.3 Å². The minimum Gasteiger partial charge on any atom is -0.480 e. The maximum Gasteiger partial charge on any atom is 0.329 e. The highest BCUT2D eigenvalue weighted by molar-refractivity contribution is 7.17. The number of hydrogen-bond donors (Lipinski definition) is 2. The number of hydrogen-bond acceptors (Lipinski definition) is 4. The third kappa shape index (κ3) is 3.17. The first kappa shape index (κ1) is 16.2. The predicted molar refractivity (Wildman–Crippen MR) is 86.1 cm³/mol. The molecule has 116 valence electrons. The third-order valence-electron chi connectivity index (χ3n) is 3.59. The first-order valence-electron chi connectivity index (χ1n) is 6.96. The highest BCUT2D eigenvalue weighted by Crippen LogP contribution is 2.28. The summed E-state index contributed by atoms with van der Waals surface area (Å²) in [7, 11) is 0. The maximum atomic E-state index is 12.4. The van der Waals surface area contributed by atoms with E-state index in [2.05, 4.69) is 10.3 Å². The van der Waals surface area contributed by atoms with Gasteiger partial charge in [-0.1, -0.05) is 37.3 Å². The maximum absolute atomic E-state index is 12.4. The molecule has 2 rings (SSSR count). The van der Waals surface area contributed by atoms with Gasteiger partial charge in [-0.3, -0.25) is 4.79 Å². The van der Waals surface area contributed by atoms with Gasteiger partial charge in [0.05, 0.1) is 5.69 Å². The van der Waals surface area contributed by atoms with Crippen molar-refractivity contribution in [3.8, 4) is 10.6 Å². The van der Waals surface area contributed by atoms with Crippen LogP contribution in [0, 0.1) is 6.92 Å². The molecule has 0 aliphatic rings. The van der Waals surface area contributed by atoms with Crippen LogP contribution in [0.3, 0.4) is 0 Å². The third-order valence-corrected chi connectivity index (χ3v) is 4.80. The van der Waals surface area contributed by atoms with Crippen LogP contribution in [0.25, 0.3) is 10.6 Å². The van der Waals surface area contributed by atoms with Crippen LogP contribution in [0.15, 0.2) is 30.3 Å². The second kappa shape index (κ2) is 6.27. The van der Waals surface area contributed by atoms with E-state index in [0.717, 1.165) is 10.6 Å². The van der Waals surface area contributed by atoms with Gasteiger partial charge >= 0.3 is 5.97 Å². The number of nitrogens with zero attached hydrogens (tertiary/aromatic N) is 1. The van der Waals surface area contributed by atoms with E-state index in [4.69, 9.17) is 0 Å². The molecule has 0 aliphatic heterocycles. The molecule has 1 amide bonds. The van der Waals surface area contributed by atoms with Crippen molar-refractivity contribution >= 4 is 23.2 Å². The van der Waals surface area contributed by atoms with Gasteiger partial charge in [0.1, 0.15) is 15.4 Å². The number of aryl methyl sites for hydroxylation is 1. The molecule has 0 saturated carbocycles. The van der Waals surface area contributed by atoms with Gasteiger partial charge < -0.3 is 10.4 Å². The Hall–Kier alpha value is -2.21. The van der Waals surface area contributed by atoms with Gasteiger partial charge in [0.15, 0.2) is 0 Å². The van der Waals surface area contributed by atoms with Crippen molar-refractivity contribution in [2.75, 3.05) is 0 Å². The van der Waals surface area contributed by atoms with Crippen molar-refractivity contribution in [1.82, 2.24) is 10.3 Å². The summed E-state index contributed by atoms with van der Waals surface area (Å²) in [4.78, 5) is 28.5. The highest BCUT2D eigenvalue weighted by Gasteiger charge is 2.34. The number of rotatable bonds is 5. The topological polar surface area (TPSA) is 79.3 Å². The molecular weight excluding hydrogens is 300 g/mol. The minimum absolute atomic E-state index is 0.303. The van der Waals surface area contributed by atoms with Gasteiger partial charge in [0, 0.05) is 5.56 Å². The Morgan fingerprint density at radius 2 is 1.95 bits per heavy atom. The van der Waals surface area contributed by atoms with Crippen LogP contribution in [-0.2, 0) is 4.79 Å². The zero-order valence-corrected chi connectivity index (χ0v) is 13.5. The van der Waals surface area contributed by atoms with Crippen LogP contribution in [0.5, 0.6) is 0 Å². The monoisotopic (exact) mass is 318 g/mol. The van der Waals surface area contributed by atoms with E-state index in [1.165, 1.54) is 18.3 Å². The summed E-state index contributed by atoms with van der Waals surface area (Å²) in [5.41, 5.74) is 0.261. The fourth-order valence-corrected chi connectivity index (χ4v) is 2.88. The molecule has 0 bridgehead atoms. The summed E-state index contributed by atoms with van der Waals surface area (Å²) in [5, 5.41) is 12.6. The Labute approximate surface area is 133 Å². The Kier molecular flexibility index (Phi) is 4.61. The molecule has 0 radical (unpaired) electrons. The lowest BCUT2D eigenvalue weighted by atomic mass is 9.99. The van der Waals surface area contributed by atoms with Gasteiger partial charge in [0.25, 0.3) is 5.91 Å². The Bertz CT molecular complexity index is 697. The molecule has 1 aromatic carbocycles. The van der Waals surface area contributed by atoms with Crippen LogP contribution >= 0.6 is 11.3 Å². The number of benzene rings is 1. The van der Waals surface area contributed by atoms with Crippen LogP contribution in [-0.4, -0.2) is 27.5 Å². The predicted octanol–water partition coefficient (Wildman–Crippen LogP) is 3.10. The Morgan fingerprint density at radius 1 is 1.32 bits per heavy atom. The summed E-state index contributed by atoms with van der Waals surface area (Å²) in [6.07, 6.45) is 0.303. The van der Waals surface area contributed by atoms with Crippen LogP contribution in [0.2, 0.25) is 0 Å². The molecule has 22 heavy (non-hydrogen) atoms. The molecule has 0 saturated heterocycles. The van der Waals surface area contributed by atoms with E-state index in [1.54, 1.807) is 13.8 Å². The molecule has 1 unspecified atom stereocenters. The van der Waals surface area contributed by atoms with Crippen molar-refractivity contribution in [1.29, 1.82) is 0 Å². The van der Waals surface area contributed by atoms with Crippen LogP contribution < -0.4 is 5.32 Å². The normalized spacial score (nSPS) is 13.4. The number of carboxylic acids is 1. The SMILES string of the molecule is CCC(C)(NC(=O)c1sc(-c2ccccc2)nc1C)C(=O)O. The Balaban J connectivity index is 2.28. The summed E-state index contributed by atoms with van der Waals surface area (Å²) in [6, 6.07) is 9.58. The number of amides is 1. The van der Waals surface area contributed by atoms with Crippen LogP contribution in [0.1, 0.15) is 35.6 Å². The number of nitrogens with one attached hydrogen (secondary N) is 1. The molecule has 0 spiro atoms. The average Bonchev–Trinajstić information content (AvgIpc) is 2.90. The molecule has 6 heteroatoms. The van der Waals surface area contributed by atoms with E-state index in [1.807, 2.05) is 30.3 Å². The first-order chi connectivity index (χ1) is 10.4. The second-order valence-electron chi connectivity index (χ2n) is 5.24. The highest BCUT2D eigenvalue weighted by atomic mass is 32.1. The van der Waals surface area contributed by atoms with Crippen molar-refractivity contribution in [3.63, 3.8) is 0 Å². The fourth-order valence-electron chi connectivity index (χ4n) is 1.91. The van der Waals surface area contributed by atoms with Crippen LogP contribution in [0.4, 0.5) is 0 Å². The van der Waals surface area contributed by atoms with E-state index in [9.17, 15) is 14.7 Å². The number of aliphatic carboxylic acids is 1. The lowest BCUT2D eigenvalue weighted by Crippen LogP contribution is -2.51. The molecule has 1 atom stereocenters. The average molecular weight is 318 g/mol. The number of carbonyl (C=O) groups is 2. The fraction of sp³-hybridized carbons (Fsp3) is 0.312. The molecule has 0 fully saturated rings. The van der Waals surface area contributed by atoms with Crippen molar-refractivity contribution in [2.45, 2.75) is 32.7 Å². The molecule has 1 aromatic heterocycles. The summed E-state index contributed by atoms with van der Waals surface area (Å²) in [5.74, 6) is -1.45. The van der Waals surface area contributed by atoms with E-state index in [0.29, 0.717) is 17.0 Å². The summed E-state index contributed by atoms with van der Waals surface area (Å²) in [6.45, 7) is 4.98. The molecule has 0 aliphatic carbocycles. The molecular formula is C16H18N2O3S. The Morgan fingerprint density at radius 3 is 2.50 bits per heavy atom. The zero-order chi connectivity index (χ0) is 16.3. The molecule has 1 heterocycles. The lowest BCUT2D eigenvalue weighted by molar-refractivity contribution is -0.143. The summed E-state index contributed by atoms with van der Waals surface area (Å²) >= 11 is 1.27. The van der Waals surface area contributed by atoms with E-state index >= 15 is 0 Å². The smallest absolute Gasteiger partial charge is 0.329 e. The number of carboxylic acid groups (broad SMARTS) is 1. The lowest BCUT2D eigenvalue weighted by Gasteiger charge is -2.24. The number of aromatic nitrogens is 1. The minimum atomic E-state index is -1.28. The summed E-state index contributed by atoms with van der Waals surface area (Å²) < 4.78 is 0. The van der Waals surface area contributed by atoms with Crippen molar-refractivity contribution in [2.24, 2.45) is 0 Å². The molecule has 2 aromatic rings. The zero-order valence-electron chi connectivity index (χ0n) is 12.7. The largest absolute Gasteiger partial charge is 0.480 e. The quantitative estimate of drug-likeness (QED) is 0.888.